The third kappa shape index (κ3) is 2.25. The number of ether oxygens (including phenoxy) is 1. The minimum absolute atomic E-state index is 0.0879. The van der Waals surface area contributed by atoms with Crippen LogP contribution in [-0.4, -0.2) is 41.4 Å². The number of aryl methyl sites for hydroxylation is 1. The van der Waals surface area contributed by atoms with E-state index in [4.69, 9.17) is 4.74 Å². The van der Waals surface area contributed by atoms with E-state index in [2.05, 4.69) is 0 Å². The van der Waals surface area contributed by atoms with Crippen LogP contribution in [0.5, 0.6) is 0 Å². The van der Waals surface area contributed by atoms with E-state index in [0.29, 0.717) is 36.3 Å². The zero-order chi connectivity index (χ0) is 15.1. The molecule has 21 heavy (non-hydrogen) atoms. The highest BCUT2D eigenvalue weighted by Gasteiger charge is 2.24. The zero-order valence-electron chi connectivity index (χ0n) is 12.0. The van der Waals surface area contributed by atoms with E-state index >= 15 is 0 Å². The van der Waals surface area contributed by atoms with Crippen LogP contribution in [0.2, 0.25) is 0 Å². The van der Waals surface area contributed by atoms with Crippen LogP contribution in [-0.2, 0) is 11.8 Å². The van der Waals surface area contributed by atoms with Crippen molar-refractivity contribution < 1.29 is 19.0 Å². The van der Waals surface area contributed by atoms with Crippen LogP contribution >= 0.6 is 0 Å². The van der Waals surface area contributed by atoms with Crippen molar-refractivity contribution >= 4 is 22.6 Å². The SMILES string of the molecule is C[C@H]1COCCN1c1cc2c(cc1F)c(C(=O)O)cn2C. The van der Waals surface area contributed by atoms with Gasteiger partial charge in [-0.1, -0.05) is 0 Å². The number of hydrogen-bond acceptors (Lipinski definition) is 3. The summed E-state index contributed by atoms with van der Waals surface area (Å²) >= 11 is 0. The van der Waals surface area contributed by atoms with E-state index in [0.717, 1.165) is 0 Å². The van der Waals surface area contributed by atoms with Crippen molar-refractivity contribution in [3.63, 3.8) is 0 Å². The topological polar surface area (TPSA) is 54.7 Å². The summed E-state index contributed by atoms with van der Waals surface area (Å²) in [5.41, 5.74) is 1.33. The van der Waals surface area contributed by atoms with Crippen LogP contribution in [0.15, 0.2) is 18.3 Å². The smallest absolute Gasteiger partial charge is 0.337 e. The maximum atomic E-state index is 14.4. The van der Waals surface area contributed by atoms with E-state index in [9.17, 15) is 14.3 Å². The Morgan fingerprint density at radius 2 is 2.24 bits per heavy atom. The third-order valence-corrected chi connectivity index (χ3v) is 3.97. The van der Waals surface area contributed by atoms with Gasteiger partial charge < -0.3 is 19.3 Å². The fourth-order valence-corrected chi connectivity index (χ4v) is 2.87. The van der Waals surface area contributed by atoms with Gasteiger partial charge in [-0.15, -0.1) is 0 Å². The van der Waals surface area contributed by atoms with Crippen LogP contribution in [0.4, 0.5) is 10.1 Å². The number of carbonyl (C=O) groups is 1. The van der Waals surface area contributed by atoms with Gasteiger partial charge in [0.1, 0.15) is 5.82 Å². The van der Waals surface area contributed by atoms with Gasteiger partial charge in [0, 0.05) is 31.2 Å². The highest BCUT2D eigenvalue weighted by molar-refractivity contribution is 6.04. The first-order valence-corrected chi connectivity index (χ1v) is 6.85. The molecule has 0 saturated carbocycles. The number of carboxylic acid groups (broad SMARTS) is 1. The summed E-state index contributed by atoms with van der Waals surface area (Å²) in [6, 6.07) is 3.12. The molecule has 1 aliphatic rings. The Morgan fingerprint density at radius 3 is 2.90 bits per heavy atom. The van der Waals surface area contributed by atoms with Crippen LogP contribution < -0.4 is 4.90 Å². The van der Waals surface area contributed by atoms with Gasteiger partial charge in [0.05, 0.1) is 30.0 Å². The minimum Gasteiger partial charge on any atom is -0.478 e. The Labute approximate surface area is 121 Å². The first kappa shape index (κ1) is 13.9. The summed E-state index contributed by atoms with van der Waals surface area (Å²) in [5, 5.41) is 9.61. The predicted molar refractivity (Wildman–Crippen MR) is 77.5 cm³/mol. The fraction of sp³-hybridized carbons (Fsp3) is 0.400. The lowest BCUT2D eigenvalue weighted by atomic mass is 10.1. The van der Waals surface area contributed by atoms with Crippen molar-refractivity contribution in [2.45, 2.75) is 13.0 Å². The standard InChI is InChI=1S/C15H17FN2O3/c1-9-8-21-4-3-18(9)14-6-13-10(5-12(14)16)11(15(19)20)7-17(13)2/h5-7,9H,3-4,8H2,1-2H3,(H,19,20)/t9-/m0/s1. The average molecular weight is 292 g/mol. The average Bonchev–Trinajstić information content (AvgIpc) is 2.76. The minimum atomic E-state index is -1.05. The number of rotatable bonds is 2. The first-order valence-electron chi connectivity index (χ1n) is 6.85. The number of aromatic nitrogens is 1. The Hall–Kier alpha value is -2.08. The molecular weight excluding hydrogens is 275 g/mol. The molecule has 0 amide bonds. The second kappa shape index (κ2) is 5.04. The van der Waals surface area contributed by atoms with E-state index in [1.165, 1.54) is 12.3 Å². The Kier molecular flexibility index (Phi) is 3.33. The number of benzene rings is 1. The second-order valence-electron chi connectivity index (χ2n) is 5.40. The fourth-order valence-electron chi connectivity index (χ4n) is 2.87. The number of morpholine rings is 1. The Morgan fingerprint density at radius 1 is 1.48 bits per heavy atom. The van der Waals surface area contributed by atoms with Crippen molar-refractivity contribution in [3.05, 3.63) is 29.7 Å². The summed E-state index contributed by atoms with van der Waals surface area (Å²) in [5.74, 6) is -1.45. The van der Waals surface area contributed by atoms with Gasteiger partial charge in [-0.05, 0) is 19.1 Å². The molecule has 2 aromatic rings. The Balaban J connectivity index is 2.15. The van der Waals surface area contributed by atoms with Gasteiger partial charge in [-0.25, -0.2) is 9.18 Å². The largest absolute Gasteiger partial charge is 0.478 e. The number of anilines is 1. The normalized spacial score (nSPS) is 19.2. The lowest BCUT2D eigenvalue weighted by Crippen LogP contribution is -2.44. The van der Waals surface area contributed by atoms with Gasteiger partial charge in [0.25, 0.3) is 0 Å². The summed E-state index contributed by atoms with van der Waals surface area (Å²) in [7, 11) is 1.76. The highest BCUT2D eigenvalue weighted by Crippen LogP contribution is 2.30. The van der Waals surface area contributed by atoms with Gasteiger partial charge in [-0.3, -0.25) is 0 Å². The Bertz CT molecular complexity index is 710. The molecule has 0 spiro atoms. The van der Waals surface area contributed by atoms with Gasteiger partial charge in [0.15, 0.2) is 0 Å². The molecule has 5 nitrogen and oxygen atoms in total. The third-order valence-electron chi connectivity index (χ3n) is 3.97. The molecule has 1 N–H and O–H groups in total. The van der Waals surface area contributed by atoms with Crippen LogP contribution in [0.3, 0.4) is 0 Å². The molecular formula is C15H17FN2O3. The number of nitrogens with zero attached hydrogens (tertiary/aromatic N) is 2. The lowest BCUT2D eigenvalue weighted by Gasteiger charge is -2.35. The first-order chi connectivity index (χ1) is 9.99. The number of halogens is 1. The summed E-state index contributed by atoms with van der Waals surface area (Å²) in [6.07, 6.45) is 1.51. The summed E-state index contributed by atoms with van der Waals surface area (Å²) in [4.78, 5) is 13.2. The van der Waals surface area contributed by atoms with E-state index in [-0.39, 0.29) is 11.6 Å². The molecule has 112 valence electrons. The lowest BCUT2D eigenvalue weighted by molar-refractivity contribution is 0.0699. The molecule has 2 heterocycles. The van der Waals surface area contributed by atoms with Crippen molar-refractivity contribution in [3.8, 4) is 0 Å². The van der Waals surface area contributed by atoms with Crippen LogP contribution in [0, 0.1) is 5.82 Å². The quantitative estimate of drug-likeness (QED) is 0.922. The van der Waals surface area contributed by atoms with Crippen molar-refractivity contribution in [2.24, 2.45) is 7.05 Å². The van der Waals surface area contributed by atoms with Gasteiger partial charge in [-0.2, -0.15) is 0 Å². The number of fused-ring (bicyclic) bond motifs is 1. The molecule has 6 heteroatoms. The highest BCUT2D eigenvalue weighted by atomic mass is 19.1. The van der Waals surface area contributed by atoms with Crippen molar-refractivity contribution in [2.75, 3.05) is 24.7 Å². The van der Waals surface area contributed by atoms with Gasteiger partial charge in [0.2, 0.25) is 0 Å². The molecule has 0 radical (unpaired) electrons. The van der Waals surface area contributed by atoms with E-state index < -0.39 is 11.8 Å². The molecule has 1 aromatic carbocycles. The number of hydrogen-bond donors (Lipinski definition) is 1. The van der Waals surface area contributed by atoms with Crippen LogP contribution in [0.1, 0.15) is 17.3 Å². The molecule has 0 unspecified atom stereocenters. The maximum Gasteiger partial charge on any atom is 0.337 e. The molecule has 1 atom stereocenters. The molecule has 0 bridgehead atoms. The summed E-state index contributed by atoms with van der Waals surface area (Å²) in [6.45, 7) is 3.73. The van der Waals surface area contributed by atoms with Crippen LogP contribution in [0.25, 0.3) is 10.9 Å². The van der Waals surface area contributed by atoms with E-state index in [1.807, 2.05) is 11.8 Å². The van der Waals surface area contributed by atoms with Crippen molar-refractivity contribution in [1.29, 1.82) is 0 Å². The molecule has 1 saturated heterocycles. The molecule has 3 rings (SSSR count). The van der Waals surface area contributed by atoms with E-state index in [1.54, 1.807) is 17.7 Å². The van der Waals surface area contributed by atoms with Gasteiger partial charge >= 0.3 is 5.97 Å². The van der Waals surface area contributed by atoms with Crippen molar-refractivity contribution in [1.82, 2.24) is 4.57 Å². The second-order valence-corrected chi connectivity index (χ2v) is 5.40. The monoisotopic (exact) mass is 292 g/mol. The molecule has 1 aliphatic heterocycles. The predicted octanol–water partition coefficient (Wildman–Crippen LogP) is 2.24. The molecule has 1 aromatic heterocycles. The molecule has 1 fully saturated rings. The maximum absolute atomic E-state index is 14.4. The zero-order valence-corrected chi connectivity index (χ0v) is 12.0. The number of carboxylic acids is 1. The number of aromatic carboxylic acids is 1. The molecule has 0 aliphatic carbocycles. The summed E-state index contributed by atoms with van der Waals surface area (Å²) < 4.78 is 21.5.